The minimum Gasteiger partial charge on any atom is -0.383 e. The van der Waals surface area contributed by atoms with Crippen molar-refractivity contribution < 1.29 is 0 Å². The Hall–Kier alpha value is -0.850. The number of hydrogen-bond donors (Lipinski definition) is 2. The van der Waals surface area contributed by atoms with Gasteiger partial charge in [-0.15, -0.1) is 0 Å². The van der Waals surface area contributed by atoms with Crippen molar-refractivity contribution in [2.75, 3.05) is 11.1 Å². The van der Waals surface area contributed by atoms with Crippen LogP contribution >= 0.6 is 43.5 Å². The second kappa shape index (κ2) is 5.20. The molecule has 1 heterocycles. The van der Waals surface area contributed by atoms with Crippen LogP contribution in [0.5, 0.6) is 0 Å². The van der Waals surface area contributed by atoms with E-state index in [1.807, 2.05) is 12.1 Å². The van der Waals surface area contributed by atoms with Crippen LogP contribution < -0.4 is 11.1 Å². The van der Waals surface area contributed by atoms with Gasteiger partial charge in [0.2, 0.25) is 0 Å². The lowest BCUT2D eigenvalue weighted by molar-refractivity contribution is 1.16. The molecule has 4 nitrogen and oxygen atoms in total. The average molecular weight is 378 g/mol. The van der Waals surface area contributed by atoms with E-state index >= 15 is 0 Å². The predicted octanol–water partition coefficient (Wildman–Crippen LogP) is 3.98. The molecule has 1 aromatic heterocycles. The van der Waals surface area contributed by atoms with Crippen LogP contribution in [0.25, 0.3) is 0 Å². The molecule has 2 rings (SSSR count). The maximum absolute atomic E-state index is 6.00. The number of nitrogens with one attached hydrogen (secondary N) is 1. The third-order valence-corrected chi connectivity index (χ3v) is 4.01. The minimum atomic E-state index is 0.380. The topological polar surface area (TPSA) is 63.8 Å². The standard InChI is InChI=1S/C10H7Br2ClN4/c11-6-2-1-5(3-7(6)13)17-10-8(12)9(14)15-4-16-10/h1-4H,(H3,14,15,16,17). The average Bonchev–Trinajstić information content (AvgIpc) is 2.30. The number of nitrogens with two attached hydrogens (primary N) is 1. The summed E-state index contributed by atoms with van der Waals surface area (Å²) in [6, 6.07) is 5.51. The largest absolute Gasteiger partial charge is 0.383 e. The van der Waals surface area contributed by atoms with Crippen molar-refractivity contribution in [1.82, 2.24) is 9.97 Å². The van der Waals surface area contributed by atoms with Crippen molar-refractivity contribution in [3.05, 3.63) is 38.5 Å². The predicted molar refractivity (Wildman–Crippen MR) is 76.6 cm³/mol. The van der Waals surface area contributed by atoms with Crippen LogP contribution in [-0.4, -0.2) is 9.97 Å². The lowest BCUT2D eigenvalue weighted by atomic mass is 10.3. The van der Waals surface area contributed by atoms with E-state index in [4.69, 9.17) is 17.3 Å². The summed E-state index contributed by atoms with van der Waals surface area (Å²) in [6.07, 6.45) is 1.39. The van der Waals surface area contributed by atoms with Crippen molar-refractivity contribution in [2.24, 2.45) is 0 Å². The molecule has 88 valence electrons. The normalized spacial score (nSPS) is 10.3. The van der Waals surface area contributed by atoms with E-state index in [1.54, 1.807) is 6.07 Å². The minimum absolute atomic E-state index is 0.380. The second-order valence-corrected chi connectivity index (χ2v) is 5.23. The highest BCUT2D eigenvalue weighted by Gasteiger charge is 2.06. The van der Waals surface area contributed by atoms with Crippen molar-refractivity contribution in [3.63, 3.8) is 0 Å². The van der Waals surface area contributed by atoms with E-state index < -0.39 is 0 Å². The first-order chi connectivity index (χ1) is 8.08. The van der Waals surface area contributed by atoms with Gasteiger partial charge in [-0.1, -0.05) is 11.6 Å². The molecule has 0 amide bonds. The first-order valence-corrected chi connectivity index (χ1v) is 6.52. The molecular formula is C10H7Br2ClN4. The van der Waals surface area contributed by atoms with Crippen LogP contribution in [0, 0.1) is 0 Å². The lowest BCUT2D eigenvalue weighted by Crippen LogP contribution is -1.99. The van der Waals surface area contributed by atoms with Gasteiger partial charge in [0.15, 0.2) is 0 Å². The van der Waals surface area contributed by atoms with E-state index in [0.29, 0.717) is 21.1 Å². The number of aromatic nitrogens is 2. The molecule has 0 spiro atoms. The van der Waals surface area contributed by atoms with E-state index in [2.05, 4.69) is 47.1 Å². The Labute approximate surface area is 120 Å². The summed E-state index contributed by atoms with van der Waals surface area (Å²) < 4.78 is 1.46. The summed E-state index contributed by atoms with van der Waals surface area (Å²) in [5, 5.41) is 3.72. The van der Waals surface area contributed by atoms with Crippen molar-refractivity contribution in [3.8, 4) is 0 Å². The van der Waals surface area contributed by atoms with E-state index in [0.717, 1.165) is 10.2 Å². The molecule has 0 aliphatic rings. The Morgan fingerprint density at radius 2 is 2.00 bits per heavy atom. The molecule has 1 aromatic carbocycles. The fourth-order valence-electron chi connectivity index (χ4n) is 1.18. The van der Waals surface area contributed by atoms with Gasteiger partial charge in [0.1, 0.15) is 22.4 Å². The van der Waals surface area contributed by atoms with E-state index in [9.17, 15) is 0 Å². The van der Waals surface area contributed by atoms with Gasteiger partial charge >= 0.3 is 0 Å². The Balaban J connectivity index is 2.31. The SMILES string of the molecule is Nc1ncnc(Nc2ccc(Br)c(Cl)c2)c1Br. The Morgan fingerprint density at radius 1 is 1.24 bits per heavy atom. The molecule has 3 N–H and O–H groups in total. The smallest absolute Gasteiger partial charge is 0.150 e. The van der Waals surface area contributed by atoms with E-state index in [-0.39, 0.29) is 0 Å². The van der Waals surface area contributed by atoms with Crippen LogP contribution in [0.2, 0.25) is 5.02 Å². The summed E-state index contributed by atoms with van der Waals surface area (Å²) >= 11 is 12.6. The zero-order chi connectivity index (χ0) is 12.4. The highest BCUT2D eigenvalue weighted by atomic mass is 79.9. The quantitative estimate of drug-likeness (QED) is 0.830. The summed E-state index contributed by atoms with van der Waals surface area (Å²) in [7, 11) is 0. The number of rotatable bonds is 2. The monoisotopic (exact) mass is 376 g/mol. The molecular weight excluding hydrogens is 371 g/mol. The number of hydrogen-bond acceptors (Lipinski definition) is 4. The third kappa shape index (κ3) is 2.88. The van der Waals surface area contributed by atoms with Gasteiger partial charge in [-0.3, -0.25) is 0 Å². The maximum atomic E-state index is 6.00. The first kappa shape index (κ1) is 12.6. The van der Waals surface area contributed by atoms with E-state index in [1.165, 1.54) is 6.33 Å². The molecule has 7 heteroatoms. The number of benzene rings is 1. The molecule has 0 unspecified atom stereocenters. The number of nitrogen functional groups attached to an aromatic ring is 1. The van der Waals surface area contributed by atoms with Gasteiger partial charge in [-0.2, -0.15) is 0 Å². The van der Waals surface area contributed by atoms with Gasteiger partial charge in [-0.25, -0.2) is 9.97 Å². The van der Waals surface area contributed by atoms with Crippen LogP contribution in [0.3, 0.4) is 0 Å². The highest BCUT2D eigenvalue weighted by Crippen LogP contribution is 2.30. The zero-order valence-corrected chi connectivity index (χ0v) is 12.3. The first-order valence-electron chi connectivity index (χ1n) is 4.56. The third-order valence-electron chi connectivity index (χ3n) is 2.00. The van der Waals surface area contributed by atoms with Gasteiger partial charge in [0.25, 0.3) is 0 Å². The fourth-order valence-corrected chi connectivity index (χ4v) is 1.91. The molecule has 0 saturated heterocycles. The zero-order valence-electron chi connectivity index (χ0n) is 8.42. The van der Waals surface area contributed by atoms with Gasteiger partial charge in [0.05, 0.1) is 5.02 Å². The summed E-state index contributed by atoms with van der Waals surface area (Å²) in [6.45, 7) is 0. The fraction of sp³-hybridized carbons (Fsp3) is 0. The molecule has 0 fully saturated rings. The molecule has 17 heavy (non-hydrogen) atoms. The number of anilines is 3. The van der Waals surface area contributed by atoms with Crippen LogP contribution in [0.15, 0.2) is 33.5 Å². The Morgan fingerprint density at radius 3 is 2.71 bits per heavy atom. The van der Waals surface area contributed by atoms with Crippen LogP contribution in [-0.2, 0) is 0 Å². The molecule has 0 saturated carbocycles. The van der Waals surface area contributed by atoms with Crippen molar-refractivity contribution >= 4 is 60.8 Å². The molecule has 0 aliphatic carbocycles. The highest BCUT2D eigenvalue weighted by molar-refractivity contribution is 9.11. The van der Waals surface area contributed by atoms with Crippen molar-refractivity contribution in [2.45, 2.75) is 0 Å². The molecule has 0 bridgehead atoms. The summed E-state index contributed by atoms with van der Waals surface area (Å²) in [5.41, 5.74) is 6.47. The maximum Gasteiger partial charge on any atom is 0.150 e. The van der Waals surface area contributed by atoms with Crippen LogP contribution in [0.1, 0.15) is 0 Å². The number of nitrogens with zero attached hydrogens (tertiary/aromatic N) is 2. The second-order valence-electron chi connectivity index (χ2n) is 3.18. The van der Waals surface area contributed by atoms with Crippen molar-refractivity contribution in [1.29, 1.82) is 0 Å². The molecule has 0 atom stereocenters. The number of halogens is 3. The molecule has 0 radical (unpaired) electrons. The van der Waals surface area contributed by atoms with Gasteiger partial charge in [0, 0.05) is 10.2 Å². The van der Waals surface area contributed by atoms with Crippen LogP contribution in [0.4, 0.5) is 17.3 Å². The Kier molecular flexibility index (Phi) is 3.86. The lowest BCUT2D eigenvalue weighted by Gasteiger charge is -2.09. The summed E-state index contributed by atoms with van der Waals surface area (Å²) in [5.74, 6) is 0.974. The molecule has 0 aliphatic heterocycles. The van der Waals surface area contributed by atoms with Gasteiger partial charge in [-0.05, 0) is 50.1 Å². The van der Waals surface area contributed by atoms with Gasteiger partial charge < -0.3 is 11.1 Å². The Bertz CT molecular complexity index is 562. The summed E-state index contributed by atoms with van der Waals surface area (Å²) in [4.78, 5) is 7.94. The molecule has 2 aromatic rings.